The molecular weight excluding hydrogens is 343 g/mol. The average molecular weight is 367 g/mol. The number of benzene rings is 2. The molecule has 0 aliphatic carbocycles. The minimum absolute atomic E-state index is 0. The monoisotopic (exact) mass is 366 g/mol. The molecule has 2 aromatic rings. The van der Waals surface area contributed by atoms with Gasteiger partial charge in [0.25, 0.3) is 0 Å². The van der Waals surface area contributed by atoms with Gasteiger partial charge in [0.2, 0.25) is 0 Å². The molecule has 0 saturated carbocycles. The highest BCUT2D eigenvalue weighted by atomic mass is 35.5. The van der Waals surface area contributed by atoms with Gasteiger partial charge in [-0.3, -0.25) is 4.90 Å². The lowest BCUT2D eigenvalue weighted by Gasteiger charge is -2.44. The number of hydrogen-bond donors (Lipinski definition) is 1. The first-order chi connectivity index (χ1) is 10.9. The molecule has 0 aromatic heterocycles. The Hall–Kier alpha value is -1.26. The van der Waals surface area contributed by atoms with Crippen LogP contribution in [0.25, 0.3) is 0 Å². The summed E-state index contributed by atoms with van der Waals surface area (Å²) in [6.07, 6.45) is 0. The van der Waals surface area contributed by atoms with E-state index in [9.17, 15) is 0 Å². The zero-order valence-electron chi connectivity index (χ0n) is 13.8. The van der Waals surface area contributed by atoms with Crippen LogP contribution in [-0.4, -0.2) is 38.2 Å². The van der Waals surface area contributed by atoms with E-state index in [1.54, 1.807) is 7.11 Å². The van der Waals surface area contributed by atoms with Crippen molar-refractivity contribution in [3.05, 3.63) is 65.2 Å². The molecule has 24 heavy (non-hydrogen) atoms. The highest BCUT2D eigenvalue weighted by Gasteiger charge is 2.35. The first kappa shape index (κ1) is 19.1. The van der Waals surface area contributed by atoms with Crippen molar-refractivity contribution in [3.8, 4) is 5.75 Å². The molecule has 2 aliphatic heterocycles. The van der Waals surface area contributed by atoms with E-state index in [0.29, 0.717) is 12.0 Å². The fourth-order valence-electron chi connectivity index (χ4n) is 3.86. The van der Waals surface area contributed by atoms with Crippen LogP contribution in [0.2, 0.25) is 0 Å². The Balaban J connectivity index is 0.00000104. The maximum absolute atomic E-state index is 5.46. The third kappa shape index (κ3) is 3.40. The predicted octanol–water partition coefficient (Wildman–Crippen LogP) is 3.63. The van der Waals surface area contributed by atoms with Gasteiger partial charge in [0.1, 0.15) is 5.75 Å². The summed E-state index contributed by atoms with van der Waals surface area (Å²) in [5, 5.41) is 3.53. The third-order valence-electron chi connectivity index (χ3n) is 5.00. The number of hydrogen-bond acceptors (Lipinski definition) is 3. The predicted molar refractivity (Wildman–Crippen MR) is 103 cm³/mol. The van der Waals surface area contributed by atoms with Gasteiger partial charge in [0, 0.05) is 38.1 Å². The summed E-state index contributed by atoms with van der Waals surface area (Å²) in [6, 6.07) is 17.9. The molecule has 2 aliphatic rings. The van der Waals surface area contributed by atoms with Crippen LogP contribution in [0.5, 0.6) is 5.75 Å². The SMILES string of the molecule is COc1ccc2c(c1)C1CNCCN1CC2c1ccccc1.Cl.Cl. The topological polar surface area (TPSA) is 24.5 Å². The van der Waals surface area contributed by atoms with Crippen molar-refractivity contribution in [1.82, 2.24) is 10.2 Å². The molecule has 1 saturated heterocycles. The second-order valence-electron chi connectivity index (χ2n) is 6.17. The van der Waals surface area contributed by atoms with E-state index in [2.05, 4.69) is 58.7 Å². The van der Waals surface area contributed by atoms with Crippen molar-refractivity contribution in [2.24, 2.45) is 0 Å². The lowest BCUT2D eigenvalue weighted by molar-refractivity contribution is 0.143. The fraction of sp³-hybridized carbons (Fsp3) is 0.368. The van der Waals surface area contributed by atoms with Crippen molar-refractivity contribution in [1.29, 1.82) is 0 Å². The molecule has 130 valence electrons. The summed E-state index contributed by atoms with van der Waals surface area (Å²) in [4.78, 5) is 2.62. The average Bonchev–Trinajstić information content (AvgIpc) is 2.61. The van der Waals surface area contributed by atoms with Crippen LogP contribution in [0, 0.1) is 0 Å². The molecule has 0 bridgehead atoms. The Labute approximate surface area is 156 Å². The highest BCUT2D eigenvalue weighted by Crippen LogP contribution is 2.41. The van der Waals surface area contributed by atoms with Gasteiger partial charge in [-0.05, 0) is 28.8 Å². The summed E-state index contributed by atoms with van der Waals surface area (Å²) < 4.78 is 5.46. The molecule has 2 atom stereocenters. The first-order valence-corrected chi connectivity index (χ1v) is 8.04. The molecule has 5 heteroatoms. The van der Waals surface area contributed by atoms with Crippen LogP contribution >= 0.6 is 24.8 Å². The van der Waals surface area contributed by atoms with Crippen molar-refractivity contribution in [2.45, 2.75) is 12.0 Å². The highest BCUT2D eigenvalue weighted by molar-refractivity contribution is 5.85. The zero-order chi connectivity index (χ0) is 14.9. The molecule has 0 spiro atoms. The minimum Gasteiger partial charge on any atom is -0.497 e. The van der Waals surface area contributed by atoms with Crippen LogP contribution in [0.1, 0.15) is 28.7 Å². The van der Waals surface area contributed by atoms with E-state index < -0.39 is 0 Å². The number of nitrogens with zero attached hydrogens (tertiary/aromatic N) is 1. The van der Waals surface area contributed by atoms with Crippen molar-refractivity contribution < 1.29 is 4.74 Å². The van der Waals surface area contributed by atoms with Crippen LogP contribution in [0.3, 0.4) is 0 Å². The van der Waals surface area contributed by atoms with Gasteiger partial charge in [0.05, 0.1) is 7.11 Å². The molecule has 2 heterocycles. The van der Waals surface area contributed by atoms with E-state index in [1.807, 2.05) is 0 Å². The van der Waals surface area contributed by atoms with Crippen molar-refractivity contribution in [3.63, 3.8) is 0 Å². The van der Waals surface area contributed by atoms with E-state index in [4.69, 9.17) is 4.74 Å². The van der Waals surface area contributed by atoms with Gasteiger partial charge in [-0.1, -0.05) is 36.4 Å². The normalized spacial score (nSPS) is 22.4. The van der Waals surface area contributed by atoms with Gasteiger partial charge >= 0.3 is 0 Å². The quantitative estimate of drug-likeness (QED) is 0.877. The van der Waals surface area contributed by atoms with Crippen LogP contribution in [0.15, 0.2) is 48.5 Å². The third-order valence-corrected chi connectivity index (χ3v) is 5.00. The molecule has 3 nitrogen and oxygen atoms in total. The van der Waals surface area contributed by atoms with Gasteiger partial charge in [-0.2, -0.15) is 0 Å². The van der Waals surface area contributed by atoms with Crippen LogP contribution in [-0.2, 0) is 0 Å². The number of ether oxygens (including phenoxy) is 1. The Morgan fingerprint density at radius 2 is 1.83 bits per heavy atom. The van der Waals surface area contributed by atoms with E-state index in [1.165, 1.54) is 16.7 Å². The largest absolute Gasteiger partial charge is 0.497 e. The van der Waals surface area contributed by atoms with Gasteiger partial charge in [-0.15, -0.1) is 24.8 Å². The minimum atomic E-state index is 0. The standard InChI is InChI=1S/C19H22N2O.2ClH/c1-22-15-7-8-16-17(11-15)19-12-20-9-10-21(19)13-18(16)14-5-3-2-4-6-14;;/h2-8,11,18-20H,9-10,12-13H2,1H3;2*1H. The van der Waals surface area contributed by atoms with Gasteiger partial charge < -0.3 is 10.1 Å². The zero-order valence-corrected chi connectivity index (χ0v) is 15.4. The number of piperazine rings is 1. The molecular formula is C19H24Cl2N2O. The second-order valence-corrected chi connectivity index (χ2v) is 6.17. The Kier molecular flexibility index (Phi) is 6.53. The number of methoxy groups -OCH3 is 1. The lowest BCUT2D eigenvalue weighted by Crippen LogP contribution is -2.50. The molecule has 1 N–H and O–H groups in total. The summed E-state index contributed by atoms with van der Waals surface area (Å²) in [5.41, 5.74) is 4.29. The smallest absolute Gasteiger partial charge is 0.119 e. The van der Waals surface area contributed by atoms with Crippen molar-refractivity contribution in [2.75, 3.05) is 33.3 Å². The maximum Gasteiger partial charge on any atom is 0.119 e. The van der Waals surface area contributed by atoms with Gasteiger partial charge in [0.15, 0.2) is 0 Å². The first-order valence-electron chi connectivity index (χ1n) is 8.04. The van der Waals surface area contributed by atoms with Crippen LogP contribution < -0.4 is 10.1 Å². The number of halogens is 2. The summed E-state index contributed by atoms with van der Waals surface area (Å²) in [7, 11) is 1.75. The Morgan fingerprint density at radius 3 is 2.58 bits per heavy atom. The van der Waals surface area contributed by atoms with Crippen molar-refractivity contribution >= 4 is 24.8 Å². The Morgan fingerprint density at radius 1 is 1.04 bits per heavy atom. The second kappa shape index (κ2) is 8.21. The maximum atomic E-state index is 5.46. The molecule has 0 radical (unpaired) electrons. The molecule has 1 fully saturated rings. The summed E-state index contributed by atoms with van der Waals surface area (Å²) in [6.45, 7) is 4.33. The summed E-state index contributed by atoms with van der Waals surface area (Å²) >= 11 is 0. The number of nitrogens with one attached hydrogen (secondary N) is 1. The van der Waals surface area contributed by atoms with E-state index >= 15 is 0 Å². The van der Waals surface area contributed by atoms with Gasteiger partial charge in [-0.25, -0.2) is 0 Å². The summed E-state index contributed by atoms with van der Waals surface area (Å²) in [5.74, 6) is 1.41. The molecule has 2 aromatic carbocycles. The molecule has 4 rings (SSSR count). The number of rotatable bonds is 2. The lowest BCUT2D eigenvalue weighted by atomic mass is 9.80. The van der Waals surface area contributed by atoms with E-state index in [-0.39, 0.29) is 24.8 Å². The molecule has 0 amide bonds. The van der Waals surface area contributed by atoms with E-state index in [0.717, 1.165) is 31.9 Å². The number of fused-ring (bicyclic) bond motifs is 3. The molecule has 2 unspecified atom stereocenters. The van der Waals surface area contributed by atoms with Crippen LogP contribution in [0.4, 0.5) is 0 Å². The Bertz CT molecular complexity index is 666. The fourth-order valence-corrected chi connectivity index (χ4v) is 3.86.